The van der Waals surface area contributed by atoms with Crippen LogP contribution in [0.5, 0.6) is 17.4 Å². The number of anilines is 1. The standard InChI is InChI=1S/C24H22N2O4/c1-16-6-5-7-21(17(16)2)26-15-18(14-23(26)27)24(28)30-20-11-9-19(10-12-20)29-22-8-3-4-13-25-22/h3-13,18H,14-15H2,1-2H3. The smallest absolute Gasteiger partial charge is 0.316 e. The molecule has 0 N–H and O–H groups in total. The molecule has 1 atom stereocenters. The number of pyridine rings is 1. The van der Waals surface area contributed by atoms with Gasteiger partial charge in [-0.05, 0) is 61.4 Å². The van der Waals surface area contributed by atoms with Gasteiger partial charge in [-0.1, -0.05) is 18.2 Å². The zero-order chi connectivity index (χ0) is 21.1. The molecule has 1 aliphatic rings. The van der Waals surface area contributed by atoms with Gasteiger partial charge in [0.2, 0.25) is 11.8 Å². The van der Waals surface area contributed by atoms with Crippen LogP contribution in [0.2, 0.25) is 0 Å². The van der Waals surface area contributed by atoms with E-state index in [-0.39, 0.29) is 12.3 Å². The number of aryl methyl sites for hydroxylation is 1. The Morgan fingerprint density at radius 1 is 1.00 bits per heavy atom. The number of hydrogen-bond donors (Lipinski definition) is 0. The Hall–Kier alpha value is -3.67. The number of esters is 1. The maximum atomic E-state index is 12.6. The molecule has 30 heavy (non-hydrogen) atoms. The van der Waals surface area contributed by atoms with Crippen molar-refractivity contribution in [1.29, 1.82) is 0 Å². The molecule has 1 aliphatic heterocycles. The van der Waals surface area contributed by atoms with E-state index in [4.69, 9.17) is 9.47 Å². The molecule has 4 rings (SSSR count). The van der Waals surface area contributed by atoms with E-state index in [9.17, 15) is 9.59 Å². The fraction of sp³-hybridized carbons (Fsp3) is 0.208. The summed E-state index contributed by atoms with van der Waals surface area (Å²) in [7, 11) is 0. The fourth-order valence-corrected chi connectivity index (χ4v) is 3.43. The molecule has 1 amide bonds. The van der Waals surface area contributed by atoms with Crippen molar-refractivity contribution in [3.63, 3.8) is 0 Å². The normalized spacial score (nSPS) is 15.9. The Balaban J connectivity index is 1.39. The van der Waals surface area contributed by atoms with E-state index in [2.05, 4.69) is 4.98 Å². The lowest BCUT2D eigenvalue weighted by atomic mass is 10.1. The number of amides is 1. The summed E-state index contributed by atoms with van der Waals surface area (Å²) in [6.07, 6.45) is 1.79. The lowest BCUT2D eigenvalue weighted by Gasteiger charge is -2.20. The lowest BCUT2D eigenvalue weighted by molar-refractivity contribution is -0.139. The first-order chi connectivity index (χ1) is 14.5. The molecule has 1 fully saturated rings. The number of carbonyl (C=O) groups excluding carboxylic acids is 2. The number of rotatable bonds is 5. The predicted octanol–water partition coefficient (Wildman–Crippen LogP) is 4.45. The van der Waals surface area contributed by atoms with Crippen molar-refractivity contribution in [1.82, 2.24) is 4.98 Å². The number of hydrogen-bond acceptors (Lipinski definition) is 5. The van der Waals surface area contributed by atoms with Crippen LogP contribution in [0.15, 0.2) is 66.9 Å². The van der Waals surface area contributed by atoms with Gasteiger partial charge in [0, 0.05) is 30.9 Å². The van der Waals surface area contributed by atoms with Gasteiger partial charge in [0.25, 0.3) is 0 Å². The van der Waals surface area contributed by atoms with Crippen LogP contribution in [0.3, 0.4) is 0 Å². The van der Waals surface area contributed by atoms with Crippen LogP contribution in [0.4, 0.5) is 5.69 Å². The molecular weight excluding hydrogens is 380 g/mol. The summed E-state index contributed by atoms with van der Waals surface area (Å²) < 4.78 is 11.1. The molecule has 2 heterocycles. The van der Waals surface area contributed by atoms with E-state index in [1.54, 1.807) is 41.4 Å². The quantitative estimate of drug-likeness (QED) is 0.466. The average molecular weight is 402 g/mol. The zero-order valence-corrected chi connectivity index (χ0v) is 16.9. The van der Waals surface area contributed by atoms with Crippen molar-refractivity contribution in [2.75, 3.05) is 11.4 Å². The Morgan fingerprint density at radius 2 is 1.77 bits per heavy atom. The first-order valence-electron chi connectivity index (χ1n) is 9.78. The van der Waals surface area contributed by atoms with E-state index in [1.807, 2.05) is 44.2 Å². The third-order valence-electron chi connectivity index (χ3n) is 5.23. The van der Waals surface area contributed by atoms with Gasteiger partial charge < -0.3 is 14.4 Å². The topological polar surface area (TPSA) is 68.7 Å². The number of benzene rings is 2. The Kier molecular flexibility index (Phi) is 5.48. The van der Waals surface area contributed by atoms with Gasteiger partial charge in [0.05, 0.1) is 5.92 Å². The van der Waals surface area contributed by atoms with Crippen LogP contribution in [0.1, 0.15) is 17.5 Å². The van der Waals surface area contributed by atoms with Crippen LogP contribution in [-0.4, -0.2) is 23.4 Å². The molecular formula is C24H22N2O4. The van der Waals surface area contributed by atoms with Gasteiger partial charge in [0.1, 0.15) is 11.5 Å². The number of carbonyl (C=O) groups is 2. The van der Waals surface area contributed by atoms with Gasteiger partial charge >= 0.3 is 5.97 Å². The molecule has 1 unspecified atom stereocenters. The maximum Gasteiger partial charge on any atom is 0.316 e. The maximum absolute atomic E-state index is 12.6. The summed E-state index contributed by atoms with van der Waals surface area (Å²) >= 11 is 0. The highest BCUT2D eigenvalue weighted by Crippen LogP contribution is 2.30. The Morgan fingerprint density at radius 3 is 2.50 bits per heavy atom. The molecule has 2 aromatic carbocycles. The van der Waals surface area contributed by atoms with Gasteiger partial charge in [0.15, 0.2) is 0 Å². The Labute approximate surface area is 175 Å². The minimum absolute atomic E-state index is 0.0650. The highest BCUT2D eigenvalue weighted by Gasteiger charge is 2.37. The molecule has 1 saturated heterocycles. The molecule has 1 aromatic heterocycles. The predicted molar refractivity (Wildman–Crippen MR) is 113 cm³/mol. The molecule has 0 aliphatic carbocycles. The number of ether oxygens (including phenoxy) is 2. The third-order valence-corrected chi connectivity index (χ3v) is 5.23. The van der Waals surface area contributed by atoms with Crippen molar-refractivity contribution in [2.45, 2.75) is 20.3 Å². The molecule has 0 bridgehead atoms. The van der Waals surface area contributed by atoms with E-state index in [0.29, 0.717) is 23.9 Å². The molecule has 3 aromatic rings. The summed E-state index contributed by atoms with van der Waals surface area (Å²) in [4.78, 5) is 30.9. The average Bonchev–Trinajstić information content (AvgIpc) is 3.14. The summed E-state index contributed by atoms with van der Waals surface area (Å²) in [5.74, 6) is 0.510. The second-order valence-corrected chi connectivity index (χ2v) is 7.29. The Bertz CT molecular complexity index is 1060. The van der Waals surface area contributed by atoms with Gasteiger partial charge in [-0.15, -0.1) is 0 Å². The highest BCUT2D eigenvalue weighted by molar-refractivity contribution is 6.00. The van der Waals surface area contributed by atoms with Crippen LogP contribution in [0.25, 0.3) is 0 Å². The van der Waals surface area contributed by atoms with Crippen molar-refractivity contribution in [2.24, 2.45) is 5.92 Å². The fourth-order valence-electron chi connectivity index (χ4n) is 3.43. The zero-order valence-electron chi connectivity index (χ0n) is 16.9. The largest absolute Gasteiger partial charge is 0.439 e. The monoisotopic (exact) mass is 402 g/mol. The van der Waals surface area contributed by atoms with Crippen LogP contribution in [-0.2, 0) is 9.59 Å². The minimum Gasteiger partial charge on any atom is -0.439 e. The number of aromatic nitrogens is 1. The second kappa shape index (κ2) is 8.37. The van der Waals surface area contributed by atoms with E-state index < -0.39 is 11.9 Å². The van der Waals surface area contributed by atoms with Crippen LogP contribution in [0, 0.1) is 19.8 Å². The first-order valence-corrected chi connectivity index (χ1v) is 9.78. The SMILES string of the molecule is Cc1cccc(N2CC(C(=O)Oc3ccc(Oc4ccccn4)cc3)CC2=O)c1C. The lowest BCUT2D eigenvalue weighted by Crippen LogP contribution is -2.28. The molecule has 0 saturated carbocycles. The van der Waals surface area contributed by atoms with Gasteiger partial charge in [-0.3, -0.25) is 9.59 Å². The van der Waals surface area contributed by atoms with Gasteiger partial charge in [-0.2, -0.15) is 0 Å². The third kappa shape index (κ3) is 4.17. The molecule has 0 radical (unpaired) electrons. The van der Waals surface area contributed by atoms with E-state index >= 15 is 0 Å². The highest BCUT2D eigenvalue weighted by atomic mass is 16.5. The molecule has 6 heteroatoms. The first kappa shape index (κ1) is 19.6. The van der Waals surface area contributed by atoms with E-state index in [1.165, 1.54) is 0 Å². The molecule has 6 nitrogen and oxygen atoms in total. The van der Waals surface area contributed by atoms with Crippen molar-refractivity contribution >= 4 is 17.6 Å². The van der Waals surface area contributed by atoms with E-state index in [0.717, 1.165) is 16.8 Å². The number of nitrogens with zero attached hydrogens (tertiary/aromatic N) is 2. The van der Waals surface area contributed by atoms with Crippen molar-refractivity contribution < 1.29 is 19.1 Å². The second-order valence-electron chi connectivity index (χ2n) is 7.29. The van der Waals surface area contributed by atoms with Crippen molar-refractivity contribution in [3.8, 4) is 17.4 Å². The summed E-state index contributed by atoms with van der Waals surface area (Å²) in [5, 5.41) is 0. The summed E-state index contributed by atoms with van der Waals surface area (Å²) in [5.41, 5.74) is 3.01. The van der Waals surface area contributed by atoms with Crippen molar-refractivity contribution in [3.05, 3.63) is 78.0 Å². The van der Waals surface area contributed by atoms with Gasteiger partial charge in [-0.25, -0.2) is 4.98 Å². The molecule has 152 valence electrons. The summed E-state index contributed by atoms with van der Waals surface area (Å²) in [6.45, 7) is 4.31. The molecule has 0 spiro atoms. The van der Waals surface area contributed by atoms with Crippen LogP contribution < -0.4 is 14.4 Å². The minimum atomic E-state index is -0.498. The summed E-state index contributed by atoms with van der Waals surface area (Å²) in [6, 6.07) is 18.0. The van der Waals surface area contributed by atoms with Crippen LogP contribution >= 0.6 is 0 Å².